The number of morpholine rings is 1. The van der Waals surface area contributed by atoms with E-state index in [1.807, 2.05) is 37.3 Å². The van der Waals surface area contributed by atoms with Crippen molar-refractivity contribution in [2.45, 2.75) is 25.8 Å². The molecule has 1 atom stereocenters. The Morgan fingerprint density at radius 2 is 1.74 bits per heavy atom. The van der Waals surface area contributed by atoms with Gasteiger partial charge in [-0.1, -0.05) is 49.4 Å². The van der Waals surface area contributed by atoms with E-state index in [4.69, 9.17) is 9.47 Å². The number of nitrogens with zero attached hydrogens (tertiary/aromatic N) is 2. The van der Waals surface area contributed by atoms with Gasteiger partial charge in [-0.05, 0) is 30.5 Å². The summed E-state index contributed by atoms with van der Waals surface area (Å²) in [5.41, 5.74) is 1.42. The van der Waals surface area contributed by atoms with E-state index in [0.29, 0.717) is 31.9 Å². The molecule has 1 amide bonds. The van der Waals surface area contributed by atoms with E-state index in [0.717, 1.165) is 43.8 Å². The number of rotatable bonds is 9. The van der Waals surface area contributed by atoms with Crippen LogP contribution in [0.5, 0.6) is 5.75 Å². The Bertz CT molecular complexity index is 1010. The van der Waals surface area contributed by atoms with Crippen molar-refractivity contribution in [2.75, 3.05) is 46.0 Å². The van der Waals surface area contributed by atoms with Gasteiger partial charge < -0.3 is 19.5 Å². The summed E-state index contributed by atoms with van der Waals surface area (Å²) in [5.74, 6) is -0.635. The standard InChI is InChI=1S/C27H32N2O5/c1-2-17-34-22-11-9-20(10-12-22)24-23(25(30)21-7-4-3-5-8-21)26(31)27(32)29(24)14-6-13-28-15-18-33-19-16-28/h3-5,7-12,24,30H,2,6,13-19H2,1H3/t24-/m0/s1. The van der Waals surface area contributed by atoms with Gasteiger partial charge in [0.1, 0.15) is 11.5 Å². The Morgan fingerprint density at radius 1 is 1.03 bits per heavy atom. The molecular weight excluding hydrogens is 432 g/mol. The Morgan fingerprint density at radius 3 is 2.41 bits per heavy atom. The highest BCUT2D eigenvalue weighted by atomic mass is 16.5. The molecule has 1 N–H and O–H groups in total. The molecule has 2 fully saturated rings. The van der Waals surface area contributed by atoms with E-state index >= 15 is 0 Å². The molecule has 0 radical (unpaired) electrons. The van der Waals surface area contributed by atoms with Crippen molar-refractivity contribution in [3.8, 4) is 5.75 Å². The van der Waals surface area contributed by atoms with E-state index in [2.05, 4.69) is 4.90 Å². The lowest BCUT2D eigenvalue weighted by molar-refractivity contribution is -0.140. The fraction of sp³-hybridized carbons (Fsp3) is 0.407. The number of hydrogen-bond acceptors (Lipinski definition) is 6. The first kappa shape index (κ1) is 24.0. The minimum absolute atomic E-state index is 0.129. The zero-order valence-electron chi connectivity index (χ0n) is 19.6. The molecule has 2 aliphatic rings. The Labute approximate surface area is 200 Å². The second kappa shape index (κ2) is 11.3. The third kappa shape index (κ3) is 5.32. The van der Waals surface area contributed by atoms with Crippen LogP contribution < -0.4 is 4.74 Å². The Balaban J connectivity index is 1.63. The Kier molecular flexibility index (Phi) is 7.98. The molecule has 2 aromatic carbocycles. The van der Waals surface area contributed by atoms with Crippen LogP contribution in [0.15, 0.2) is 60.2 Å². The lowest BCUT2D eigenvalue weighted by Gasteiger charge is -2.29. The van der Waals surface area contributed by atoms with Gasteiger partial charge in [0.25, 0.3) is 11.7 Å². The van der Waals surface area contributed by atoms with Gasteiger partial charge >= 0.3 is 0 Å². The predicted octanol–water partition coefficient (Wildman–Crippen LogP) is 3.62. The van der Waals surface area contributed by atoms with Crippen molar-refractivity contribution in [2.24, 2.45) is 0 Å². The Hall–Kier alpha value is -3.16. The first-order valence-corrected chi connectivity index (χ1v) is 12.0. The lowest BCUT2D eigenvalue weighted by atomic mass is 9.95. The van der Waals surface area contributed by atoms with Gasteiger partial charge in [-0.15, -0.1) is 0 Å². The molecule has 4 rings (SSSR count). The van der Waals surface area contributed by atoms with Crippen molar-refractivity contribution in [3.05, 3.63) is 71.3 Å². The molecule has 2 aromatic rings. The highest BCUT2D eigenvalue weighted by molar-refractivity contribution is 6.46. The van der Waals surface area contributed by atoms with Crippen molar-refractivity contribution in [1.82, 2.24) is 9.80 Å². The number of carbonyl (C=O) groups is 2. The molecule has 2 heterocycles. The summed E-state index contributed by atoms with van der Waals surface area (Å²) in [6.07, 6.45) is 1.63. The first-order valence-electron chi connectivity index (χ1n) is 12.0. The number of benzene rings is 2. The zero-order valence-corrected chi connectivity index (χ0v) is 19.6. The topological polar surface area (TPSA) is 79.3 Å². The third-order valence-corrected chi connectivity index (χ3v) is 6.23. The quantitative estimate of drug-likeness (QED) is 0.347. The highest BCUT2D eigenvalue weighted by Gasteiger charge is 2.45. The second-order valence-electron chi connectivity index (χ2n) is 8.58. The molecule has 0 bridgehead atoms. The van der Waals surface area contributed by atoms with Crippen molar-refractivity contribution < 1.29 is 24.2 Å². The summed E-state index contributed by atoms with van der Waals surface area (Å²) in [7, 11) is 0. The van der Waals surface area contributed by atoms with Crippen molar-refractivity contribution >= 4 is 17.4 Å². The number of Topliss-reactive ketones (excluding diaryl/α,β-unsaturated/α-hetero) is 1. The van der Waals surface area contributed by atoms with Crippen LogP contribution in [0, 0.1) is 0 Å². The van der Waals surface area contributed by atoms with E-state index in [-0.39, 0.29) is 11.3 Å². The average Bonchev–Trinajstić information content (AvgIpc) is 3.13. The fourth-order valence-electron chi connectivity index (χ4n) is 4.46. The van der Waals surface area contributed by atoms with Crippen molar-refractivity contribution in [3.63, 3.8) is 0 Å². The number of ether oxygens (including phenoxy) is 2. The maximum atomic E-state index is 13.1. The smallest absolute Gasteiger partial charge is 0.295 e. The van der Waals surface area contributed by atoms with Gasteiger partial charge in [0.05, 0.1) is 31.4 Å². The largest absolute Gasteiger partial charge is 0.507 e. The molecule has 0 unspecified atom stereocenters. The van der Waals surface area contributed by atoms with E-state index in [9.17, 15) is 14.7 Å². The van der Waals surface area contributed by atoms with Crippen molar-refractivity contribution in [1.29, 1.82) is 0 Å². The summed E-state index contributed by atoms with van der Waals surface area (Å²) < 4.78 is 11.1. The number of ketones is 1. The minimum atomic E-state index is -0.649. The van der Waals surface area contributed by atoms with Crippen LogP contribution in [-0.2, 0) is 14.3 Å². The highest BCUT2D eigenvalue weighted by Crippen LogP contribution is 2.39. The van der Waals surface area contributed by atoms with E-state index in [1.54, 1.807) is 29.2 Å². The predicted molar refractivity (Wildman–Crippen MR) is 130 cm³/mol. The SMILES string of the molecule is CCCOc1ccc([C@H]2C(=C(O)c3ccccc3)C(=O)C(=O)N2CCCN2CCOCC2)cc1. The second-order valence-corrected chi connectivity index (χ2v) is 8.58. The first-order chi connectivity index (χ1) is 16.6. The number of amides is 1. The molecule has 7 nitrogen and oxygen atoms in total. The number of aliphatic hydroxyl groups excluding tert-OH is 1. The summed E-state index contributed by atoms with van der Waals surface area (Å²) >= 11 is 0. The summed E-state index contributed by atoms with van der Waals surface area (Å²) in [5, 5.41) is 11.1. The van der Waals surface area contributed by atoms with Crippen LogP contribution in [0.4, 0.5) is 0 Å². The van der Waals surface area contributed by atoms with Gasteiger partial charge in [-0.3, -0.25) is 14.5 Å². The number of hydrogen-bond donors (Lipinski definition) is 1. The van der Waals surface area contributed by atoms with Gasteiger partial charge in [0.15, 0.2) is 0 Å². The lowest BCUT2D eigenvalue weighted by Crippen LogP contribution is -2.38. The van der Waals surface area contributed by atoms with E-state index < -0.39 is 17.7 Å². The van der Waals surface area contributed by atoms with E-state index in [1.165, 1.54) is 0 Å². The van der Waals surface area contributed by atoms with Gasteiger partial charge in [0.2, 0.25) is 0 Å². The normalized spacial score (nSPS) is 20.6. The molecule has 2 aliphatic heterocycles. The maximum absolute atomic E-state index is 13.1. The molecule has 0 aliphatic carbocycles. The monoisotopic (exact) mass is 464 g/mol. The number of carbonyl (C=O) groups excluding carboxylic acids is 2. The number of likely N-dealkylation sites (tertiary alicyclic amines) is 1. The summed E-state index contributed by atoms with van der Waals surface area (Å²) in [6, 6.07) is 15.7. The number of aliphatic hydroxyl groups is 1. The maximum Gasteiger partial charge on any atom is 0.295 e. The molecule has 0 aromatic heterocycles. The van der Waals surface area contributed by atoms with Crippen LogP contribution in [-0.4, -0.2) is 72.6 Å². The fourth-order valence-corrected chi connectivity index (χ4v) is 4.46. The van der Waals surface area contributed by atoms with Crippen LogP contribution in [0.3, 0.4) is 0 Å². The molecular formula is C27H32N2O5. The van der Waals surface area contributed by atoms with Crippen LogP contribution in [0.1, 0.15) is 36.9 Å². The molecule has 0 saturated carbocycles. The summed E-state index contributed by atoms with van der Waals surface area (Å²) in [6.45, 7) is 7.08. The minimum Gasteiger partial charge on any atom is -0.507 e. The van der Waals surface area contributed by atoms with Gasteiger partial charge in [-0.2, -0.15) is 0 Å². The van der Waals surface area contributed by atoms with Crippen LogP contribution in [0.25, 0.3) is 5.76 Å². The zero-order chi connectivity index (χ0) is 23.9. The van der Waals surface area contributed by atoms with Gasteiger partial charge in [0, 0.05) is 31.7 Å². The summed E-state index contributed by atoms with van der Waals surface area (Å²) in [4.78, 5) is 30.1. The third-order valence-electron chi connectivity index (χ3n) is 6.23. The van der Waals surface area contributed by atoms with Gasteiger partial charge in [-0.25, -0.2) is 0 Å². The van der Waals surface area contributed by atoms with Crippen LogP contribution >= 0.6 is 0 Å². The molecule has 180 valence electrons. The van der Waals surface area contributed by atoms with Crippen LogP contribution in [0.2, 0.25) is 0 Å². The molecule has 0 spiro atoms. The molecule has 2 saturated heterocycles. The average molecular weight is 465 g/mol. The molecule has 34 heavy (non-hydrogen) atoms. The molecule has 7 heteroatoms.